The van der Waals surface area contributed by atoms with E-state index in [2.05, 4.69) is 9.97 Å². The topological polar surface area (TPSA) is 54.7 Å². The Morgan fingerprint density at radius 3 is 2.90 bits per heavy atom. The van der Waals surface area contributed by atoms with E-state index >= 15 is 0 Å². The Hall–Kier alpha value is -2.10. The third-order valence-corrected chi connectivity index (χ3v) is 4.15. The fraction of sp³-hybridized carbons (Fsp3) is 0.375. The molecule has 0 aliphatic heterocycles. The second-order valence-corrected chi connectivity index (χ2v) is 5.53. The first-order valence-corrected chi connectivity index (χ1v) is 7.30. The first-order chi connectivity index (χ1) is 9.90. The molecule has 0 amide bonds. The number of imidazole rings is 1. The van der Waals surface area contributed by atoms with E-state index < -0.39 is 0 Å². The van der Waals surface area contributed by atoms with Crippen molar-refractivity contribution >= 4 is 11.2 Å². The van der Waals surface area contributed by atoms with Crippen molar-refractivity contribution in [1.29, 1.82) is 0 Å². The average Bonchev–Trinajstić information content (AvgIpc) is 3.16. The molecule has 20 heavy (non-hydrogen) atoms. The van der Waals surface area contributed by atoms with E-state index in [0.717, 1.165) is 28.3 Å². The van der Waals surface area contributed by atoms with Crippen LogP contribution in [-0.2, 0) is 0 Å². The highest BCUT2D eigenvalue weighted by Gasteiger charge is 2.19. The molecule has 1 aliphatic carbocycles. The molecule has 4 rings (SSSR count). The minimum atomic E-state index is 0.574. The van der Waals surface area contributed by atoms with Gasteiger partial charge in [-0.25, -0.2) is 9.97 Å². The lowest BCUT2D eigenvalue weighted by Crippen LogP contribution is -2.05. The van der Waals surface area contributed by atoms with Gasteiger partial charge in [-0.1, -0.05) is 19.3 Å². The Labute approximate surface area is 117 Å². The van der Waals surface area contributed by atoms with E-state index in [1.165, 1.54) is 32.1 Å². The van der Waals surface area contributed by atoms with Crippen molar-refractivity contribution in [3.05, 3.63) is 36.5 Å². The van der Waals surface area contributed by atoms with Gasteiger partial charge in [-0.15, -0.1) is 0 Å². The number of H-pyrrole nitrogens is 1. The summed E-state index contributed by atoms with van der Waals surface area (Å²) in [6.07, 6.45) is 9.98. The maximum Gasteiger partial charge on any atom is 0.157 e. The summed E-state index contributed by atoms with van der Waals surface area (Å²) in [5.41, 5.74) is 2.78. The smallest absolute Gasteiger partial charge is 0.157 e. The largest absolute Gasteiger partial charge is 0.464 e. The van der Waals surface area contributed by atoms with E-state index in [1.54, 1.807) is 6.26 Å². The Morgan fingerprint density at radius 2 is 2.10 bits per heavy atom. The van der Waals surface area contributed by atoms with Gasteiger partial charge in [0.25, 0.3) is 0 Å². The highest BCUT2D eigenvalue weighted by Crippen LogP contribution is 2.32. The number of hydrogen-bond donors (Lipinski definition) is 1. The molecule has 3 heterocycles. The van der Waals surface area contributed by atoms with Crippen molar-refractivity contribution in [2.75, 3.05) is 0 Å². The van der Waals surface area contributed by atoms with Crippen LogP contribution in [0.3, 0.4) is 0 Å². The number of furan rings is 1. The summed E-state index contributed by atoms with van der Waals surface area (Å²) in [4.78, 5) is 12.6. The van der Waals surface area contributed by atoms with Crippen molar-refractivity contribution in [2.45, 2.75) is 38.0 Å². The second-order valence-electron chi connectivity index (χ2n) is 5.53. The normalized spacial score (nSPS) is 16.8. The van der Waals surface area contributed by atoms with Crippen LogP contribution in [0.5, 0.6) is 0 Å². The predicted octanol–water partition coefficient (Wildman–Crippen LogP) is 4.27. The Balaban J connectivity index is 1.72. The number of aromatic nitrogens is 3. The van der Waals surface area contributed by atoms with Gasteiger partial charge in [0.15, 0.2) is 5.65 Å². The van der Waals surface area contributed by atoms with Gasteiger partial charge < -0.3 is 9.40 Å². The van der Waals surface area contributed by atoms with Crippen molar-refractivity contribution in [3.8, 4) is 11.3 Å². The van der Waals surface area contributed by atoms with Crippen LogP contribution < -0.4 is 0 Å². The molecule has 0 bridgehead atoms. The molecule has 4 nitrogen and oxygen atoms in total. The van der Waals surface area contributed by atoms with Gasteiger partial charge in [0.1, 0.15) is 17.1 Å². The minimum absolute atomic E-state index is 0.574. The molecule has 0 saturated heterocycles. The van der Waals surface area contributed by atoms with Crippen LogP contribution in [-0.4, -0.2) is 15.0 Å². The van der Waals surface area contributed by atoms with Crippen molar-refractivity contribution in [1.82, 2.24) is 15.0 Å². The number of hydrogen-bond acceptors (Lipinski definition) is 3. The molecule has 1 aliphatic rings. The fourth-order valence-electron chi connectivity index (χ4n) is 3.06. The second kappa shape index (κ2) is 4.78. The van der Waals surface area contributed by atoms with Gasteiger partial charge in [0.2, 0.25) is 0 Å². The first-order valence-electron chi connectivity index (χ1n) is 7.30. The molecule has 0 spiro atoms. The Morgan fingerprint density at radius 1 is 1.20 bits per heavy atom. The van der Waals surface area contributed by atoms with E-state index in [0.29, 0.717) is 5.92 Å². The first kappa shape index (κ1) is 11.7. The maximum atomic E-state index is 5.41. The van der Waals surface area contributed by atoms with Gasteiger partial charge in [-0.3, -0.25) is 0 Å². The molecule has 0 atom stereocenters. The van der Waals surface area contributed by atoms with Crippen molar-refractivity contribution in [2.24, 2.45) is 0 Å². The lowest BCUT2D eigenvalue weighted by Gasteiger charge is -2.18. The number of rotatable bonds is 2. The molecule has 0 unspecified atom stereocenters. The molecule has 102 valence electrons. The molecule has 3 aromatic rings. The van der Waals surface area contributed by atoms with Crippen LogP contribution in [0.2, 0.25) is 0 Å². The number of nitrogens with one attached hydrogen (secondary N) is 1. The highest BCUT2D eigenvalue weighted by molar-refractivity contribution is 5.76. The Bertz CT molecular complexity index is 708. The zero-order chi connectivity index (χ0) is 13.4. The van der Waals surface area contributed by atoms with Crippen LogP contribution >= 0.6 is 0 Å². The zero-order valence-corrected chi connectivity index (χ0v) is 11.3. The number of pyridine rings is 1. The fourth-order valence-corrected chi connectivity index (χ4v) is 3.06. The molecule has 0 radical (unpaired) electrons. The van der Waals surface area contributed by atoms with Crippen LogP contribution in [0.1, 0.15) is 43.8 Å². The summed E-state index contributed by atoms with van der Waals surface area (Å²) >= 11 is 0. The SMILES string of the molecule is c1coc(-c2cnc3[nH]c(C4CCCCC4)nc3c2)c1. The molecule has 1 fully saturated rings. The average molecular weight is 267 g/mol. The molecule has 1 N–H and O–H groups in total. The minimum Gasteiger partial charge on any atom is -0.464 e. The summed E-state index contributed by atoms with van der Waals surface area (Å²) in [5, 5.41) is 0. The maximum absolute atomic E-state index is 5.41. The van der Waals surface area contributed by atoms with Gasteiger partial charge in [-0.2, -0.15) is 0 Å². The van der Waals surface area contributed by atoms with Gasteiger partial charge in [-0.05, 0) is 31.0 Å². The third-order valence-electron chi connectivity index (χ3n) is 4.15. The quantitative estimate of drug-likeness (QED) is 0.754. The molecule has 3 aromatic heterocycles. The molecular weight excluding hydrogens is 250 g/mol. The summed E-state index contributed by atoms with van der Waals surface area (Å²) in [6.45, 7) is 0. The van der Waals surface area contributed by atoms with Crippen LogP contribution in [0.4, 0.5) is 0 Å². The van der Waals surface area contributed by atoms with Crippen molar-refractivity contribution < 1.29 is 4.42 Å². The van der Waals surface area contributed by atoms with Crippen molar-refractivity contribution in [3.63, 3.8) is 0 Å². The summed E-state index contributed by atoms with van der Waals surface area (Å²) in [6, 6.07) is 5.87. The summed E-state index contributed by atoms with van der Waals surface area (Å²) in [5.74, 6) is 2.51. The monoisotopic (exact) mass is 267 g/mol. The van der Waals surface area contributed by atoms with E-state index in [9.17, 15) is 0 Å². The van der Waals surface area contributed by atoms with Gasteiger partial charge >= 0.3 is 0 Å². The lowest BCUT2D eigenvalue weighted by atomic mass is 9.89. The highest BCUT2D eigenvalue weighted by atomic mass is 16.3. The summed E-state index contributed by atoms with van der Waals surface area (Å²) in [7, 11) is 0. The predicted molar refractivity (Wildman–Crippen MR) is 77.4 cm³/mol. The standard InChI is InChI=1S/C16H17N3O/c1-2-5-11(6-3-1)15-18-13-9-12(10-17-16(13)19-15)14-7-4-8-20-14/h4,7-11H,1-3,5-6H2,(H,17,18,19). The molecule has 0 aromatic carbocycles. The number of aromatic amines is 1. The van der Waals surface area contributed by atoms with Gasteiger partial charge in [0, 0.05) is 17.7 Å². The van der Waals surface area contributed by atoms with E-state index in [1.807, 2.05) is 24.4 Å². The lowest BCUT2D eigenvalue weighted by molar-refractivity contribution is 0.431. The summed E-state index contributed by atoms with van der Waals surface area (Å²) < 4.78 is 5.41. The van der Waals surface area contributed by atoms with Crippen LogP contribution in [0, 0.1) is 0 Å². The number of nitrogens with zero attached hydrogens (tertiary/aromatic N) is 2. The van der Waals surface area contributed by atoms with E-state index in [4.69, 9.17) is 9.40 Å². The Kier molecular flexibility index (Phi) is 2.80. The van der Waals surface area contributed by atoms with Crippen LogP contribution in [0.25, 0.3) is 22.5 Å². The molecular formula is C16H17N3O. The third kappa shape index (κ3) is 2.01. The molecule has 1 saturated carbocycles. The molecule has 4 heteroatoms. The van der Waals surface area contributed by atoms with Gasteiger partial charge in [0.05, 0.1) is 6.26 Å². The number of fused-ring (bicyclic) bond motifs is 1. The zero-order valence-electron chi connectivity index (χ0n) is 11.3. The van der Waals surface area contributed by atoms with Crippen LogP contribution in [0.15, 0.2) is 35.1 Å². The van der Waals surface area contributed by atoms with E-state index in [-0.39, 0.29) is 0 Å².